The van der Waals surface area contributed by atoms with E-state index in [2.05, 4.69) is 22.1 Å². The van der Waals surface area contributed by atoms with Gasteiger partial charge in [-0.25, -0.2) is 9.97 Å². The van der Waals surface area contributed by atoms with Crippen molar-refractivity contribution >= 4 is 28.7 Å². The molecule has 5 nitrogen and oxygen atoms in total. The monoisotopic (exact) mass is 393 g/mol. The second-order valence-corrected chi connectivity index (χ2v) is 7.86. The normalized spacial score (nSPS) is 14.9. The fraction of sp³-hybridized carbons (Fsp3) is 0.318. The number of rotatable bonds is 6. The average Bonchev–Trinajstić information content (AvgIpc) is 2.75. The van der Waals surface area contributed by atoms with Gasteiger partial charge >= 0.3 is 0 Å². The molecule has 0 N–H and O–H groups in total. The highest BCUT2D eigenvalue weighted by molar-refractivity contribution is 7.99. The predicted molar refractivity (Wildman–Crippen MR) is 112 cm³/mol. The Morgan fingerprint density at radius 2 is 1.75 bits per heavy atom. The van der Waals surface area contributed by atoms with Crippen molar-refractivity contribution in [2.45, 2.75) is 24.7 Å². The number of hydrogen-bond donors (Lipinski definition) is 0. The molecule has 1 aliphatic heterocycles. The molecule has 144 valence electrons. The fourth-order valence-corrected chi connectivity index (χ4v) is 4.20. The number of para-hydroxylation sites is 2. The Morgan fingerprint density at radius 1 is 1.04 bits per heavy atom. The van der Waals surface area contributed by atoms with E-state index in [1.807, 2.05) is 47.4 Å². The average molecular weight is 394 g/mol. The first kappa shape index (κ1) is 18.7. The standard InChI is InChI=1S/C22H23N3O2S/c26-22(16-28-15-17-6-2-1-3-7-17)25-12-10-18(11-13-25)27-21-14-23-19-8-4-5-9-20(19)24-21/h1-9,14,18H,10-13,15-16H2. The molecule has 1 aromatic heterocycles. The number of amides is 1. The molecule has 0 aliphatic carbocycles. The zero-order chi connectivity index (χ0) is 19.2. The smallest absolute Gasteiger partial charge is 0.233 e. The van der Waals surface area contributed by atoms with Gasteiger partial charge in [-0.15, -0.1) is 11.8 Å². The summed E-state index contributed by atoms with van der Waals surface area (Å²) in [6, 6.07) is 18.0. The molecule has 2 aromatic carbocycles. The van der Waals surface area contributed by atoms with Gasteiger partial charge < -0.3 is 9.64 Å². The maximum absolute atomic E-state index is 12.4. The minimum absolute atomic E-state index is 0.0801. The maximum atomic E-state index is 12.4. The van der Waals surface area contributed by atoms with Crippen LogP contribution >= 0.6 is 11.8 Å². The van der Waals surface area contributed by atoms with E-state index in [0.29, 0.717) is 11.6 Å². The van der Waals surface area contributed by atoms with E-state index < -0.39 is 0 Å². The number of benzene rings is 2. The third kappa shape index (κ3) is 4.81. The summed E-state index contributed by atoms with van der Waals surface area (Å²) in [5, 5.41) is 0. The summed E-state index contributed by atoms with van der Waals surface area (Å²) in [5.41, 5.74) is 2.95. The lowest BCUT2D eigenvalue weighted by atomic mass is 10.1. The Kier molecular flexibility index (Phi) is 6.07. The lowest BCUT2D eigenvalue weighted by Crippen LogP contribution is -2.42. The molecule has 0 saturated carbocycles. The van der Waals surface area contributed by atoms with Crippen LogP contribution in [-0.4, -0.2) is 45.7 Å². The largest absolute Gasteiger partial charge is 0.473 e. The molecule has 6 heteroatoms. The summed E-state index contributed by atoms with van der Waals surface area (Å²) in [4.78, 5) is 23.3. The molecular formula is C22H23N3O2S. The zero-order valence-corrected chi connectivity index (χ0v) is 16.5. The van der Waals surface area contributed by atoms with Crippen LogP contribution < -0.4 is 4.74 Å². The molecule has 0 atom stereocenters. The molecule has 1 amide bonds. The van der Waals surface area contributed by atoms with Crippen molar-refractivity contribution in [1.29, 1.82) is 0 Å². The van der Waals surface area contributed by atoms with Crippen molar-refractivity contribution in [3.05, 3.63) is 66.4 Å². The van der Waals surface area contributed by atoms with Crippen LogP contribution in [0.15, 0.2) is 60.8 Å². The number of carbonyl (C=O) groups is 1. The van der Waals surface area contributed by atoms with E-state index in [-0.39, 0.29) is 12.0 Å². The highest BCUT2D eigenvalue weighted by atomic mass is 32.2. The summed E-state index contributed by atoms with van der Waals surface area (Å²) in [6.45, 7) is 1.47. The summed E-state index contributed by atoms with van der Waals surface area (Å²) in [7, 11) is 0. The number of ether oxygens (including phenoxy) is 1. The van der Waals surface area contributed by atoms with Crippen LogP contribution in [0.1, 0.15) is 18.4 Å². The number of nitrogens with zero attached hydrogens (tertiary/aromatic N) is 3. The molecule has 0 radical (unpaired) electrons. The van der Waals surface area contributed by atoms with Crippen molar-refractivity contribution in [3.63, 3.8) is 0 Å². The first-order valence-electron chi connectivity index (χ1n) is 9.56. The Hall–Kier alpha value is -2.60. The number of aromatic nitrogens is 2. The Labute approximate surface area is 169 Å². The highest BCUT2D eigenvalue weighted by Gasteiger charge is 2.24. The SMILES string of the molecule is O=C(CSCc1ccccc1)N1CCC(Oc2cnc3ccccc3n2)CC1. The van der Waals surface area contributed by atoms with Crippen LogP contribution in [0.5, 0.6) is 5.88 Å². The Balaban J connectivity index is 1.23. The third-order valence-corrected chi connectivity index (χ3v) is 5.83. The molecule has 0 unspecified atom stereocenters. The number of likely N-dealkylation sites (tertiary alicyclic amines) is 1. The van der Waals surface area contributed by atoms with Gasteiger partial charge in [0.15, 0.2) is 0 Å². The van der Waals surface area contributed by atoms with Gasteiger partial charge in [0.2, 0.25) is 11.8 Å². The second-order valence-electron chi connectivity index (χ2n) is 6.87. The Bertz CT molecular complexity index is 927. The lowest BCUT2D eigenvalue weighted by Gasteiger charge is -2.31. The number of thioether (sulfide) groups is 1. The molecule has 2 heterocycles. The van der Waals surface area contributed by atoms with Crippen molar-refractivity contribution < 1.29 is 9.53 Å². The molecule has 1 fully saturated rings. The third-order valence-electron chi connectivity index (χ3n) is 4.85. The van der Waals surface area contributed by atoms with E-state index in [1.54, 1.807) is 18.0 Å². The van der Waals surface area contributed by atoms with E-state index in [4.69, 9.17) is 4.74 Å². The molecule has 3 aromatic rings. The van der Waals surface area contributed by atoms with Gasteiger partial charge in [-0.05, 0) is 17.7 Å². The molecule has 4 rings (SSSR count). The summed E-state index contributed by atoms with van der Waals surface area (Å²) >= 11 is 1.67. The van der Waals surface area contributed by atoms with Crippen molar-refractivity contribution in [2.75, 3.05) is 18.8 Å². The van der Waals surface area contributed by atoms with Gasteiger partial charge in [0.25, 0.3) is 0 Å². The quantitative estimate of drug-likeness (QED) is 0.635. The molecule has 0 spiro atoms. The second kappa shape index (κ2) is 9.06. The molecule has 1 saturated heterocycles. The van der Waals surface area contributed by atoms with Gasteiger partial charge in [0.1, 0.15) is 6.10 Å². The Morgan fingerprint density at radius 3 is 2.54 bits per heavy atom. The summed E-state index contributed by atoms with van der Waals surface area (Å²) in [6.07, 6.45) is 3.41. The van der Waals surface area contributed by atoms with Crippen molar-refractivity contribution in [2.24, 2.45) is 0 Å². The van der Waals surface area contributed by atoms with E-state index in [9.17, 15) is 4.79 Å². The van der Waals surface area contributed by atoms with Crippen LogP contribution in [0.2, 0.25) is 0 Å². The minimum Gasteiger partial charge on any atom is -0.473 e. The number of carbonyl (C=O) groups excluding carboxylic acids is 1. The van der Waals surface area contributed by atoms with E-state index >= 15 is 0 Å². The van der Waals surface area contributed by atoms with Crippen LogP contribution in [0, 0.1) is 0 Å². The topological polar surface area (TPSA) is 55.3 Å². The van der Waals surface area contributed by atoms with Gasteiger partial charge in [0, 0.05) is 31.7 Å². The van der Waals surface area contributed by atoms with Gasteiger partial charge in [-0.3, -0.25) is 4.79 Å². The molecular weight excluding hydrogens is 370 g/mol. The van der Waals surface area contributed by atoms with Crippen LogP contribution in [0.3, 0.4) is 0 Å². The fourth-order valence-electron chi connectivity index (χ4n) is 3.31. The summed E-state index contributed by atoms with van der Waals surface area (Å²) in [5.74, 6) is 2.16. The minimum atomic E-state index is 0.0801. The first-order valence-corrected chi connectivity index (χ1v) is 10.7. The number of fused-ring (bicyclic) bond motifs is 1. The van der Waals surface area contributed by atoms with Crippen molar-refractivity contribution in [3.8, 4) is 5.88 Å². The van der Waals surface area contributed by atoms with Crippen LogP contribution in [0.4, 0.5) is 0 Å². The summed E-state index contributed by atoms with van der Waals surface area (Å²) < 4.78 is 6.01. The lowest BCUT2D eigenvalue weighted by molar-refractivity contribution is -0.130. The molecule has 28 heavy (non-hydrogen) atoms. The molecule has 1 aliphatic rings. The van der Waals surface area contributed by atoms with Crippen molar-refractivity contribution in [1.82, 2.24) is 14.9 Å². The molecule has 0 bridgehead atoms. The van der Waals surface area contributed by atoms with Crippen LogP contribution in [-0.2, 0) is 10.5 Å². The zero-order valence-electron chi connectivity index (χ0n) is 15.7. The first-order chi connectivity index (χ1) is 13.8. The predicted octanol–water partition coefficient (Wildman–Crippen LogP) is 3.93. The van der Waals surface area contributed by atoms with E-state index in [1.165, 1.54) is 5.56 Å². The van der Waals surface area contributed by atoms with Gasteiger partial charge in [-0.2, -0.15) is 0 Å². The van der Waals surface area contributed by atoms with Crippen LogP contribution in [0.25, 0.3) is 11.0 Å². The van der Waals surface area contributed by atoms with Gasteiger partial charge in [0.05, 0.1) is 23.0 Å². The highest BCUT2D eigenvalue weighted by Crippen LogP contribution is 2.20. The number of hydrogen-bond acceptors (Lipinski definition) is 5. The van der Waals surface area contributed by atoms with E-state index in [0.717, 1.165) is 42.7 Å². The van der Waals surface area contributed by atoms with Gasteiger partial charge in [-0.1, -0.05) is 42.5 Å². The number of piperidine rings is 1. The maximum Gasteiger partial charge on any atom is 0.233 e.